The number of fused-ring (bicyclic) bond motifs is 2. The minimum atomic E-state index is -3.12. The predicted molar refractivity (Wildman–Crippen MR) is 211 cm³/mol. The molecule has 4 aromatic rings. The zero-order valence-corrected chi connectivity index (χ0v) is 38.2. The van der Waals surface area contributed by atoms with Gasteiger partial charge in [-0.2, -0.15) is 0 Å². The van der Waals surface area contributed by atoms with Gasteiger partial charge in [-0.1, -0.05) is 0 Å². The molecule has 4 aromatic carbocycles. The molecule has 1 aliphatic heterocycles. The summed E-state index contributed by atoms with van der Waals surface area (Å²) >= 11 is -3.12. The van der Waals surface area contributed by atoms with Crippen LogP contribution in [-0.4, -0.2) is 0 Å². The van der Waals surface area contributed by atoms with Gasteiger partial charge in [0.15, 0.2) is 0 Å². The average Bonchev–Trinajstić information content (AvgIpc) is 3.52. The van der Waals surface area contributed by atoms with Gasteiger partial charge in [0.05, 0.1) is 0 Å². The van der Waals surface area contributed by atoms with Gasteiger partial charge in [0.1, 0.15) is 0 Å². The molecule has 0 saturated carbocycles. The fraction of sp³-hybridized carbons (Fsp3) is 0.417. The van der Waals surface area contributed by atoms with Crippen LogP contribution in [0.5, 0.6) is 0 Å². The predicted octanol–water partition coefficient (Wildman–Crippen LogP) is 8.30. The van der Waals surface area contributed by atoms with Crippen LogP contribution in [0.25, 0.3) is 34.4 Å². The zero-order chi connectivity index (χ0) is 35.3. The van der Waals surface area contributed by atoms with Gasteiger partial charge in [-0.15, -0.1) is 0 Å². The third kappa shape index (κ3) is 7.11. The van der Waals surface area contributed by atoms with Gasteiger partial charge < -0.3 is 24.8 Å². The zero-order valence-electron chi connectivity index (χ0n) is 33.1. The molecule has 2 atom stereocenters. The van der Waals surface area contributed by atoms with Crippen LogP contribution in [0.15, 0.2) is 96.1 Å². The average molecular weight is 884 g/mol. The fourth-order valence-electron chi connectivity index (χ4n) is 9.03. The number of hydrogen-bond acceptors (Lipinski definition) is 0. The Balaban J connectivity index is 0.00000252. The van der Waals surface area contributed by atoms with Crippen molar-refractivity contribution in [3.8, 4) is 22.3 Å². The summed E-state index contributed by atoms with van der Waals surface area (Å²) < 4.78 is 4.20. The van der Waals surface area contributed by atoms with Crippen molar-refractivity contribution in [1.82, 2.24) is 0 Å². The van der Waals surface area contributed by atoms with E-state index < -0.39 is 20.0 Å². The van der Waals surface area contributed by atoms with Crippen LogP contribution in [0.2, 0.25) is 8.35 Å². The molecule has 3 heteroatoms. The molecule has 1 saturated heterocycles. The monoisotopic (exact) mass is 884 g/mol. The summed E-state index contributed by atoms with van der Waals surface area (Å²) in [7, 11) is 0. The largest absolute Gasteiger partial charge is 1.00 e. The summed E-state index contributed by atoms with van der Waals surface area (Å²) in [4.78, 5) is 0. The second kappa shape index (κ2) is 13.6. The number of benzene rings is 4. The third-order valence-corrected chi connectivity index (χ3v) is 30.6. The molecule has 7 rings (SSSR count). The van der Waals surface area contributed by atoms with Crippen molar-refractivity contribution in [2.24, 2.45) is 10.8 Å². The SMILES string of the molecule is CC(C)(C)C1=Cc2c(-c3ccc(C(C)(C)C)cc3)cccc2[CH]1[Hf+2]1([CH]2C(C(C)(C)C)=Cc3c(-c4ccc(C(C)(C)C)cc4)cccc32)[CH2][CH2]1.[Cl-].[Cl-]. The van der Waals surface area contributed by atoms with Gasteiger partial charge in [-0.25, -0.2) is 0 Å². The molecule has 1 heterocycles. The second-order valence-electron chi connectivity index (χ2n) is 19.6. The molecule has 51 heavy (non-hydrogen) atoms. The smallest absolute Gasteiger partial charge is 1.00 e. The molecular formula is C48H58Cl2Hf. The Hall–Kier alpha value is -2.19. The number of allylic oxidation sites excluding steroid dienone is 2. The van der Waals surface area contributed by atoms with Crippen molar-refractivity contribution in [3.05, 3.63) is 129 Å². The van der Waals surface area contributed by atoms with E-state index in [1.54, 1.807) is 22.3 Å². The van der Waals surface area contributed by atoms with Crippen molar-refractivity contribution in [2.45, 2.75) is 110 Å². The van der Waals surface area contributed by atoms with Crippen molar-refractivity contribution < 1.29 is 44.8 Å². The van der Waals surface area contributed by atoms with Crippen molar-refractivity contribution >= 4 is 12.2 Å². The van der Waals surface area contributed by atoms with E-state index in [-0.39, 0.29) is 46.5 Å². The van der Waals surface area contributed by atoms with Gasteiger partial charge >= 0.3 is 304 Å². The quantitative estimate of drug-likeness (QED) is 0.181. The van der Waals surface area contributed by atoms with Crippen LogP contribution in [0, 0.1) is 10.8 Å². The molecule has 268 valence electrons. The standard InChI is InChI=1S/2C23H27.C2H4.2ClH.Hf/c2*1-22(2,3)18-12-10-16(11-13-18)20-9-7-8-17-14-19(15-21(17)20)23(4,5)6;1-2;;;/h2*7-15H,1-6H3;1-2H2;2*1H;/q;;;;;+2/p-2. The Bertz CT molecular complexity index is 1830. The van der Waals surface area contributed by atoms with E-state index in [0.717, 1.165) is 0 Å². The van der Waals surface area contributed by atoms with Gasteiger partial charge in [-0.05, 0) is 0 Å². The first-order chi connectivity index (χ1) is 22.8. The maximum Gasteiger partial charge on any atom is -1.00 e. The summed E-state index contributed by atoms with van der Waals surface area (Å²) in [5.74, 6) is 0. The van der Waals surface area contributed by atoms with Gasteiger partial charge in [0.25, 0.3) is 0 Å². The summed E-state index contributed by atoms with van der Waals surface area (Å²) in [6, 6.07) is 33.4. The van der Waals surface area contributed by atoms with E-state index in [1.807, 2.05) is 0 Å². The van der Waals surface area contributed by atoms with Gasteiger partial charge in [0.2, 0.25) is 0 Å². The van der Waals surface area contributed by atoms with Crippen LogP contribution in [0.4, 0.5) is 0 Å². The van der Waals surface area contributed by atoms with E-state index >= 15 is 0 Å². The summed E-state index contributed by atoms with van der Waals surface area (Å²) in [5.41, 5.74) is 18.5. The normalized spacial score (nSPS) is 18.7. The van der Waals surface area contributed by atoms with E-state index in [0.29, 0.717) is 7.35 Å². The Morgan fingerprint density at radius 3 is 1.04 bits per heavy atom. The van der Waals surface area contributed by atoms with Crippen molar-refractivity contribution in [2.75, 3.05) is 0 Å². The topological polar surface area (TPSA) is 0 Å². The Kier molecular flexibility index (Phi) is 10.7. The molecule has 3 aliphatic rings. The Morgan fingerprint density at radius 2 is 0.765 bits per heavy atom. The number of rotatable bonds is 4. The Labute approximate surface area is 326 Å². The maximum atomic E-state index is 2.66. The molecule has 0 bridgehead atoms. The molecular weight excluding hydrogens is 826 g/mol. The first-order valence-electron chi connectivity index (χ1n) is 18.7. The van der Waals surface area contributed by atoms with E-state index in [4.69, 9.17) is 0 Å². The minimum absolute atomic E-state index is 0. The molecule has 0 amide bonds. The van der Waals surface area contributed by atoms with Crippen LogP contribution >= 0.6 is 0 Å². The number of hydrogen-bond donors (Lipinski definition) is 0. The molecule has 2 unspecified atom stereocenters. The maximum absolute atomic E-state index is 3.12. The molecule has 0 radical (unpaired) electrons. The molecule has 0 spiro atoms. The summed E-state index contributed by atoms with van der Waals surface area (Å²) in [6.07, 6.45) is 5.33. The molecule has 0 aromatic heterocycles. The molecule has 1 fully saturated rings. The second-order valence-corrected chi connectivity index (χ2v) is 36.2. The molecule has 0 N–H and O–H groups in total. The molecule has 0 nitrogen and oxygen atoms in total. The summed E-state index contributed by atoms with van der Waals surface area (Å²) in [6.45, 7) is 28.7. The van der Waals surface area contributed by atoms with E-state index in [1.165, 1.54) is 52.9 Å². The van der Waals surface area contributed by atoms with Gasteiger partial charge in [0, 0.05) is 0 Å². The van der Waals surface area contributed by atoms with E-state index in [9.17, 15) is 0 Å². The first-order valence-corrected chi connectivity index (χ1v) is 28.0. The molecule has 2 aliphatic carbocycles. The first kappa shape index (κ1) is 40.0. The van der Waals surface area contributed by atoms with Crippen molar-refractivity contribution in [3.63, 3.8) is 0 Å². The number of halogens is 2. The minimum Gasteiger partial charge on any atom is -1.00 e. The van der Waals surface area contributed by atoms with Crippen molar-refractivity contribution in [1.29, 1.82) is 0 Å². The third-order valence-electron chi connectivity index (χ3n) is 12.0. The summed E-state index contributed by atoms with van der Waals surface area (Å²) in [5, 5.41) is 0. The van der Waals surface area contributed by atoms with Gasteiger partial charge in [-0.3, -0.25) is 0 Å². The Morgan fingerprint density at radius 1 is 0.431 bits per heavy atom. The van der Waals surface area contributed by atoms with Crippen LogP contribution in [-0.2, 0) is 30.8 Å². The fourth-order valence-corrected chi connectivity index (χ4v) is 38.3. The van der Waals surface area contributed by atoms with Crippen LogP contribution in [0.3, 0.4) is 0 Å². The van der Waals surface area contributed by atoms with Crippen LogP contribution < -0.4 is 24.8 Å². The van der Waals surface area contributed by atoms with E-state index in [2.05, 4.69) is 180 Å². The van der Waals surface area contributed by atoms with Crippen LogP contribution in [0.1, 0.15) is 124 Å².